The van der Waals surface area contributed by atoms with Crippen LogP contribution in [0.1, 0.15) is 22.2 Å². The van der Waals surface area contributed by atoms with Crippen LogP contribution in [-0.2, 0) is 18.6 Å². The molecule has 0 radical (unpaired) electrons. The topological polar surface area (TPSA) is 44.8 Å². The van der Waals surface area contributed by atoms with Crippen LogP contribution in [0.4, 0.5) is 0 Å². The molecule has 0 aromatic carbocycles. The Bertz CT molecular complexity index is 153. The van der Waals surface area contributed by atoms with Crippen LogP contribution < -0.4 is 29.6 Å². The second-order valence-corrected chi connectivity index (χ2v) is 3.32. The standard InChI is InChI=1S/C7H16O4P.Na.H/c1-5-9-7(3,10-6-2)11-12(4)8;;/h5-6H2,1-4H3;;/q2*+1;-1. The van der Waals surface area contributed by atoms with Crippen molar-refractivity contribution in [3.8, 4) is 0 Å². The van der Waals surface area contributed by atoms with E-state index in [0.717, 1.165) is 0 Å². The van der Waals surface area contributed by atoms with Gasteiger partial charge in [0.15, 0.2) is 6.66 Å². The number of hydrogen-bond acceptors (Lipinski definition) is 4. The number of hydrogen-bond donors (Lipinski definition) is 0. The maximum Gasteiger partial charge on any atom is 1.00 e. The van der Waals surface area contributed by atoms with Gasteiger partial charge in [-0.25, -0.2) is 0 Å². The van der Waals surface area contributed by atoms with E-state index in [4.69, 9.17) is 14.0 Å². The van der Waals surface area contributed by atoms with Crippen LogP contribution in [-0.4, -0.2) is 25.9 Å². The van der Waals surface area contributed by atoms with Gasteiger partial charge in [0.25, 0.3) is 0 Å². The molecule has 0 heterocycles. The van der Waals surface area contributed by atoms with Gasteiger partial charge in [-0.1, -0.05) is 4.52 Å². The summed E-state index contributed by atoms with van der Waals surface area (Å²) >= 11 is 0. The third kappa shape index (κ3) is 8.01. The molecule has 0 aliphatic rings. The molecule has 0 N–H and O–H groups in total. The Morgan fingerprint density at radius 1 is 1.31 bits per heavy atom. The van der Waals surface area contributed by atoms with Crippen molar-refractivity contribution < 1.29 is 49.5 Å². The van der Waals surface area contributed by atoms with Crippen molar-refractivity contribution in [2.45, 2.75) is 26.7 Å². The molecule has 0 aromatic rings. The van der Waals surface area contributed by atoms with Gasteiger partial charge in [0.05, 0.1) is 0 Å². The van der Waals surface area contributed by atoms with Gasteiger partial charge in [-0.2, -0.15) is 0 Å². The first-order valence-corrected chi connectivity index (χ1v) is 5.54. The fraction of sp³-hybridized carbons (Fsp3) is 1.00. The fourth-order valence-electron chi connectivity index (χ4n) is 0.852. The van der Waals surface area contributed by atoms with Gasteiger partial charge in [0.2, 0.25) is 0 Å². The molecule has 6 heteroatoms. The average Bonchev–Trinajstić information content (AvgIpc) is 1.85. The van der Waals surface area contributed by atoms with Crippen LogP contribution in [0, 0.1) is 0 Å². The second kappa shape index (κ2) is 8.30. The van der Waals surface area contributed by atoms with Crippen molar-refractivity contribution in [1.29, 1.82) is 0 Å². The van der Waals surface area contributed by atoms with E-state index in [0.29, 0.717) is 13.2 Å². The quantitative estimate of drug-likeness (QED) is 0.334. The summed E-state index contributed by atoms with van der Waals surface area (Å²) in [6.07, 6.45) is 0. The molecule has 1 atom stereocenters. The molecule has 1 unspecified atom stereocenters. The van der Waals surface area contributed by atoms with Gasteiger partial charge in [-0.3, -0.25) is 0 Å². The minimum absolute atomic E-state index is 0. The Kier molecular flexibility index (Phi) is 10.5. The molecule has 0 aromatic heterocycles. The minimum atomic E-state index is -1.71. The van der Waals surface area contributed by atoms with E-state index < -0.39 is 14.0 Å². The fourth-order valence-corrected chi connectivity index (χ4v) is 1.42. The molecule has 0 aliphatic heterocycles. The normalized spacial score (nSPS) is 12.2. The molecular weight excluding hydrogens is 202 g/mol. The molecule has 13 heavy (non-hydrogen) atoms. The first kappa shape index (κ1) is 16.4. The van der Waals surface area contributed by atoms with Crippen LogP contribution in [0.3, 0.4) is 0 Å². The monoisotopic (exact) mass is 219 g/mol. The van der Waals surface area contributed by atoms with Crippen LogP contribution in [0.15, 0.2) is 0 Å². The van der Waals surface area contributed by atoms with E-state index in [1.165, 1.54) is 6.66 Å². The van der Waals surface area contributed by atoms with Crippen LogP contribution >= 0.6 is 8.03 Å². The Morgan fingerprint density at radius 2 is 1.69 bits per heavy atom. The van der Waals surface area contributed by atoms with Crippen molar-refractivity contribution in [3.05, 3.63) is 0 Å². The van der Waals surface area contributed by atoms with Gasteiger partial charge in [0.1, 0.15) is 0 Å². The summed E-state index contributed by atoms with van der Waals surface area (Å²) in [6, 6.07) is 0. The molecule has 0 saturated carbocycles. The predicted octanol–water partition coefficient (Wildman–Crippen LogP) is -0.762. The van der Waals surface area contributed by atoms with E-state index in [2.05, 4.69) is 0 Å². The number of ether oxygens (including phenoxy) is 2. The van der Waals surface area contributed by atoms with Crippen molar-refractivity contribution in [3.63, 3.8) is 0 Å². The predicted molar refractivity (Wildman–Crippen MR) is 47.4 cm³/mol. The largest absolute Gasteiger partial charge is 1.00 e. The maximum absolute atomic E-state index is 10.8. The van der Waals surface area contributed by atoms with Crippen LogP contribution in [0.25, 0.3) is 0 Å². The van der Waals surface area contributed by atoms with Crippen molar-refractivity contribution in [2.24, 2.45) is 0 Å². The van der Waals surface area contributed by atoms with E-state index in [1.54, 1.807) is 6.92 Å². The van der Waals surface area contributed by atoms with Crippen molar-refractivity contribution >= 4 is 8.03 Å². The summed E-state index contributed by atoms with van der Waals surface area (Å²) in [7, 11) is -1.71. The Labute approximate surface area is 104 Å². The van der Waals surface area contributed by atoms with E-state index in [1.807, 2.05) is 13.8 Å². The second-order valence-electron chi connectivity index (χ2n) is 2.26. The third-order valence-electron chi connectivity index (χ3n) is 1.11. The van der Waals surface area contributed by atoms with Gasteiger partial charge in [0, 0.05) is 20.1 Å². The van der Waals surface area contributed by atoms with Crippen LogP contribution in [0.2, 0.25) is 0 Å². The molecule has 0 spiro atoms. The Balaban J connectivity index is -0.000000605. The summed E-state index contributed by atoms with van der Waals surface area (Å²) in [5.74, 6) is -1.16. The van der Waals surface area contributed by atoms with Gasteiger partial charge < -0.3 is 10.9 Å². The number of rotatable bonds is 6. The zero-order valence-electron chi connectivity index (χ0n) is 9.99. The van der Waals surface area contributed by atoms with Crippen molar-refractivity contribution in [1.82, 2.24) is 0 Å². The summed E-state index contributed by atoms with van der Waals surface area (Å²) in [4.78, 5) is 0. The molecule has 0 saturated heterocycles. The minimum Gasteiger partial charge on any atom is -1.00 e. The van der Waals surface area contributed by atoms with E-state index >= 15 is 0 Å². The summed E-state index contributed by atoms with van der Waals surface area (Å²) in [6.45, 7) is 7.63. The SMILES string of the molecule is CCOC(C)(OCC)O[P+](C)=O.[H-].[Na+]. The summed E-state index contributed by atoms with van der Waals surface area (Å²) < 4.78 is 26.1. The maximum atomic E-state index is 10.8. The van der Waals surface area contributed by atoms with Gasteiger partial charge >= 0.3 is 43.6 Å². The summed E-state index contributed by atoms with van der Waals surface area (Å²) in [5.41, 5.74) is 0. The molecule has 0 rings (SSSR count). The summed E-state index contributed by atoms with van der Waals surface area (Å²) in [5, 5.41) is 0. The molecule has 0 bridgehead atoms. The molecular formula is C7H17NaO4P+. The average molecular weight is 219 g/mol. The van der Waals surface area contributed by atoms with E-state index in [9.17, 15) is 4.57 Å². The molecule has 0 amide bonds. The Hall–Kier alpha value is 0.980. The molecule has 4 nitrogen and oxygen atoms in total. The smallest absolute Gasteiger partial charge is 1.00 e. The molecule has 74 valence electrons. The zero-order valence-corrected chi connectivity index (χ0v) is 11.9. The Morgan fingerprint density at radius 3 is 1.92 bits per heavy atom. The first-order valence-electron chi connectivity index (χ1n) is 3.92. The van der Waals surface area contributed by atoms with Crippen LogP contribution in [0.5, 0.6) is 0 Å². The first-order chi connectivity index (χ1) is 5.54. The van der Waals surface area contributed by atoms with Gasteiger partial charge in [-0.05, 0) is 18.4 Å². The molecule has 0 aliphatic carbocycles. The molecule has 0 fully saturated rings. The van der Waals surface area contributed by atoms with Gasteiger partial charge in [-0.15, -0.1) is 0 Å². The zero-order chi connectivity index (χ0) is 9.61. The van der Waals surface area contributed by atoms with Crippen molar-refractivity contribution in [2.75, 3.05) is 19.9 Å². The third-order valence-corrected chi connectivity index (χ3v) is 1.70. The van der Waals surface area contributed by atoms with E-state index in [-0.39, 0.29) is 31.0 Å².